The van der Waals surface area contributed by atoms with E-state index in [4.69, 9.17) is 10.5 Å². The molecule has 1 aliphatic heterocycles. The van der Waals surface area contributed by atoms with Gasteiger partial charge in [-0.2, -0.15) is 0 Å². The van der Waals surface area contributed by atoms with Crippen molar-refractivity contribution in [3.63, 3.8) is 0 Å². The van der Waals surface area contributed by atoms with E-state index in [9.17, 15) is 4.79 Å². The molecule has 1 saturated heterocycles. The Hall–Kier alpha value is -1.55. The Balaban J connectivity index is 2.27. The molecule has 1 atom stereocenters. The summed E-state index contributed by atoms with van der Waals surface area (Å²) in [5.74, 6) is 0.00543. The van der Waals surface area contributed by atoms with Crippen LogP contribution in [0.2, 0.25) is 0 Å². The SMILES string of the molecule is COC1(C)CCCN(c2ccc(N)c(C(C)=O)c2)C1. The standard InChI is InChI=1S/C15H22N2O2/c1-11(18)13-9-12(5-6-14(13)16)17-8-4-7-15(2,10-17)19-3/h5-6,9H,4,7-8,10,16H2,1-3H3. The third kappa shape index (κ3) is 2.89. The Morgan fingerprint density at radius 1 is 1.47 bits per heavy atom. The van der Waals surface area contributed by atoms with Crippen LogP contribution in [0.15, 0.2) is 18.2 Å². The number of methoxy groups -OCH3 is 1. The van der Waals surface area contributed by atoms with Crippen LogP contribution in [0.3, 0.4) is 0 Å². The van der Waals surface area contributed by atoms with Crippen LogP contribution in [0.4, 0.5) is 11.4 Å². The minimum absolute atomic E-state index is 0.00543. The van der Waals surface area contributed by atoms with Crippen molar-refractivity contribution in [3.8, 4) is 0 Å². The molecule has 1 aliphatic rings. The van der Waals surface area contributed by atoms with E-state index in [1.807, 2.05) is 18.2 Å². The van der Waals surface area contributed by atoms with Gasteiger partial charge >= 0.3 is 0 Å². The second kappa shape index (κ2) is 5.21. The molecule has 2 N–H and O–H groups in total. The molecule has 0 spiro atoms. The van der Waals surface area contributed by atoms with Crippen LogP contribution in [-0.4, -0.2) is 31.6 Å². The number of carbonyl (C=O) groups is 1. The van der Waals surface area contributed by atoms with E-state index in [1.165, 1.54) is 0 Å². The van der Waals surface area contributed by atoms with Gasteiger partial charge < -0.3 is 15.4 Å². The van der Waals surface area contributed by atoms with Crippen molar-refractivity contribution >= 4 is 17.2 Å². The van der Waals surface area contributed by atoms with Crippen LogP contribution in [0.5, 0.6) is 0 Å². The highest BCUT2D eigenvalue weighted by molar-refractivity contribution is 6.00. The maximum atomic E-state index is 11.6. The second-order valence-corrected chi connectivity index (χ2v) is 5.51. The van der Waals surface area contributed by atoms with E-state index in [-0.39, 0.29) is 11.4 Å². The normalized spacial score (nSPS) is 23.4. The van der Waals surface area contributed by atoms with Gasteiger partial charge in [0.05, 0.1) is 5.60 Å². The van der Waals surface area contributed by atoms with E-state index < -0.39 is 0 Å². The van der Waals surface area contributed by atoms with Gasteiger partial charge in [0.2, 0.25) is 0 Å². The molecule has 4 heteroatoms. The molecular weight excluding hydrogens is 240 g/mol. The predicted molar refractivity (Wildman–Crippen MR) is 77.7 cm³/mol. The Labute approximate surface area is 114 Å². The number of rotatable bonds is 3. The summed E-state index contributed by atoms with van der Waals surface area (Å²) in [4.78, 5) is 13.8. The lowest BCUT2D eigenvalue weighted by molar-refractivity contribution is -0.00465. The van der Waals surface area contributed by atoms with Gasteiger partial charge in [-0.25, -0.2) is 0 Å². The van der Waals surface area contributed by atoms with Crippen molar-refractivity contribution in [1.82, 2.24) is 0 Å². The summed E-state index contributed by atoms with van der Waals surface area (Å²) in [6, 6.07) is 5.67. The molecule has 0 bridgehead atoms. The van der Waals surface area contributed by atoms with Gasteiger partial charge in [-0.05, 0) is 44.9 Å². The van der Waals surface area contributed by atoms with Crippen molar-refractivity contribution in [1.29, 1.82) is 0 Å². The summed E-state index contributed by atoms with van der Waals surface area (Å²) in [5.41, 5.74) is 7.91. The van der Waals surface area contributed by atoms with E-state index >= 15 is 0 Å². The summed E-state index contributed by atoms with van der Waals surface area (Å²) in [7, 11) is 1.76. The minimum Gasteiger partial charge on any atom is -0.398 e. The molecule has 19 heavy (non-hydrogen) atoms. The fourth-order valence-electron chi connectivity index (χ4n) is 2.64. The van der Waals surface area contributed by atoms with E-state index in [0.717, 1.165) is 31.6 Å². The number of hydrogen-bond donors (Lipinski definition) is 1. The number of ketones is 1. The average Bonchev–Trinajstić information content (AvgIpc) is 2.39. The molecule has 104 valence electrons. The van der Waals surface area contributed by atoms with E-state index in [0.29, 0.717) is 11.3 Å². The molecule has 0 radical (unpaired) electrons. The largest absolute Gasteiger partial charge is 0.398 e. The lowest BCUT2D eigenvalue weighted by Gasteiger charge is -2.40. The maximum absolute atomic E-state index is 11.6. The number of nitrogens with two attached hydrogens (primary N) is 1. The quantitative estimate of drug-likeness (QED) is 0.671. The number of piperidine rings is 1. The lowest BCUT2D eigenvalue weighted by atomic mass is 9.94. The average molecular weight is 262 g/mol. The van der Waals surface area contributed by atoms with Crippen LogP contribution in [0, 0.1) is 0 Å². The third-order valence-corrected chi connectivity index (χ3v) is 3.93. The second-order valence-electron chi connectivity index (χ2n) is 5.51. The lowest BCUT2D eigenvalue weighted by Crippen LogP contribution is -2.47. The van der Waals surface area contributed by atoms with Crippen LogP contribution in [-0.2, 0) is 4.74 Å². The first kappa shape index (κ1) is 13.9. The van der Waals surface area contributed by atoms with Gasteiger partial charge in [0.15, 0.2) is 5.78 Å². The molecular formula is C15H22N2O2. The highest BCUT2D eigenvalue weighted by atomic mass is 16.5. The molecule has 1 aromatic carbocycles. The first-order valence-corrected chi connectivity index (χ1v) is 6.66. The van der Waals surface area contributed by atoms with E-state index in [1.54, 1.807) is 14.0 Å². The Bertz CT molecular complexity index is 487. The summed E-state index contributed by atoms with van der Waals surface area (Å²) in [5, 5.41) is 0. The molecule has 1 unspecified atom stereocenters. The molecule has 1 aromatic rings. The number of Topliss-reactive ketones (excluding diaryl/α,β-unsaturated/α-hetero) is 1. The summed E-state index contributed by atoms with van der Waals surface area (Å²) in [6.45, 7) is 5.50. The molecule has 4 nitrogen and oxygen atoms in total. The molecule has 0 aromatic heterocycles. The molecule has 0 aliphatic carbocycles. The van der Waals surface area contributed by atoms with Crippen LogP contribution < -0.4 is 10.6 Å². The van der Waals surface area contributed by atoms with Crippen molar-refractivity contribution < 1.29 is 9.53 Å². The molecule has 0 saturated carbocycles. The number of nitrogens with zero attached hydrogens (tertiary/aromatic N) is 1. The number of carbonyl (C=O) groups excluding carboxylic acids is 1. The van der Waals surface area contributed by atoms with E-state index in [2.05, 4.69) is 11.8 Å². The zero-order chi connectivity index (χ0) is 14.0. The number of hydrogen-bond acceptors (Lipinski definition) is 4. The van der Waals surface area contributed by atoms with Crippen LogP contribution in [0.25, 0.3) is 0 Å². The summed E-state index contributed by atoms with van der Waals surface area (Å²) >= 11 is 0. The number of benzene rings is 1. The zero-order valence-electron chi connectivity index (χ0n) is 11.9. The van der Waals surface area contributed by atoms with Crippen LogP contribution >= 0.6 is 0 Å². The maximum Gasteiger partial charge on any atom is 0.161 e. The Morgan fingerprint density at radius 2 is 2.21 bits per heavy atom. The van der Waals surface area contributed by atoms with Crippen molar-refractivity contribution in [3.05, 3.63) is 23.8 Å². The van der Waals surface area contributed by atoms with Gasteiger partial charge in [-0.1, -0.05) is 0 Å². The minimum atomic E-state index is -0.115. The van der Waals surface area contributed by atoms with Gasteiger partial charge in [0, 0.05) is 37.1 Å². The predicted octanol–water partition coefficient (Wildman–Crippen LogP) is 2.48. The monoisotopic (exact) mass is 262 g/mol. The Morgan fingerprint density at radius 3 is 2.84 bits per heavy atom. The topological polar surface area (TPSA) is 55.6 Å². The molecule has 1 fully saturated rings. The number of nitrogen functional groups attached to an aromatic ring is 1. The fourth-order valence-corrected chi connectivity index (χ4v) is 2.64. The smallest absolute Gasteiger partial charge is 0.161 e. The fraction of sp³-hybridized carbons (Fsp3) is 0.533. The van der Waals surface area contributed by atoms with Gasteiger partial charge in [0.1, 0.15) is 0 Å². The highest BCUT2D eigenvalue weighted by Gasteiger charge is 2.31. The molecule has 1 heterocycles. The first-order chi connectivity index (χ1) is 8.95. The van der Waals surface area contributed by atoms with Gasteiger partial charge in [-0.15, -0.1) is 0 Å². The number of anilines is 2. The van der Waals surface area contributed by atoms with Gasteiger partial charge in [0.25, 0.3) is 0 Å². The van der Waals surface area contributed by atoms with Crippen molar-refractivity contribution in [2.24, 2.45) is 0 Å². The summed E-state index contributed by atoms with van der Waals surface area (Å²) < 4.78 is 5.60. The van der Waals surface area contributed by atoms with Crippen molar-refractivity contribution in [2.75, 3.05) is 30.8 Å². The molecule has 0 amide bonds. The first-order valence-electron chi connectivity index (χ1n) is 6.66. The number of ether oxygens (including phenoxy) is 1. The summed E-state index contributed by atoms with van der Waals surface area (Å²) in [6.07, 6.45) is 2.15. The van der Waals surface area contributed by atoms with Gasteiger partial charge in [-0.3, -0.25) is 4.79 Å². The third-order valence-electron chi connectivity index (χ3n) is 3.93. The van der Waals surface area contributed by atoms with Crippen molar-refractivity contribution in [2.45, 2.75) is 32.3 Å². The Kier molecular flexibility index (Phi) is 3.80. The molecule has 2 rings (SSSR count). The van der Waals surface area contributed by atoms with Crippen LogP contribution in [0.1, 0.15) is 37.0 Å². The highest BCUT2D eigenvalue weighted by Crippen LogP contribution is 2.29. The zero-order valence-corrected chi connectivity index (χ0v) is 11.9.